The Hall–Kier alpha value is -2.61. The molecule has 0 spiro atoms. The quantitative estimate of drug-likeness (QED) is 0.0995. The highest BCUT2D eigenvalue weighted by Crippen LogP contribution is 2.66. The van der Waals surface area contributed by atoms with E-state index < -0.39 is 0 Å². The minimum atomic E-state index is -0.215. The van der Waals surface area contributed by atoms with Crippen LogP contribution in [0.15, 0.2) is 94.2 Å². The summed E-state index contributed by atoms with van der Waals surface area (Å²) < 4.78 is 6.09. The molecule has 3 fully saturated rings. The summed E-state index contributed by atoms with van der Waals surface area (Å²) in [7, 11) is 0. The van der Waals surface area contributed by atoms with Crippen LogP contribution < -0.4 is 0 Å². The van der Waals surface area contributed by atoms with Gasteiger partial charge in [-0.1, -0.05) is 132 Å². The summed E-state index contributed by atoms with van der Waals surface area (Å²) in [6.07, 6.45) is 34.3. The number of carbonyl (C=O) groups is 1. The molecule has 5 rings (SSSR count). The molecule has 8 atom stereocenters. The third-order valence-electron chi connectivity index (χ3n) is 14.4. The van der Waals surface area contributed by atoms with Crippen LogP contribution in [0.25, 0.3) is 0 Å². The lowest BCUT2D eigenvalue weighted by Crippen LogP contribution is -2.46. The Morgan fingerprint density at radius 3 is 2.36 bits per heavy atom. The van der Waals surface area contributed by atoms with Crippen molar-refractivity contribution >= 4 is 5.97 Å². The first-order valence-corrected chi connectivity index (χ1v) is 20.3. The van der Waals surface area contributed by atoms with Gasteiger partial charge in [0, 0.05) is 12.5 Å². The van der Waals surface area contributed by atoms with E-state index in [0.717, 1.165) is 30.8 Å². The average molecular weight is 679 g/mol. The molecule has 0 N–H and O–H groups in total. The van der Waals surface area contributed by atoms with Gasteiger partial charge < -0.3 is 4.74 Å². The average Bonchev–Trinajstić information content (AvgIpc) is 3.40. The molecule has 274 valence electrons. The van der Waals surface area contributed by atoms with Gasteiger partial charge in [0.2, 0.25) is 0 Å². The molecule has 0 aromatic heterocycles. The molecule has 0 amide bonds. The number of hydrogen-bond acceptors (Lipinski definition) is 2. The molecule has 0 unspecified atom stereocenters. The summed E-state index contributed by atoms with van der Waals surface area (Å²) in [5.41, 5.74) is 9.21. The van der Waals surface area contributed by atoms with E-state index in [9.17, 15) is 4.79 Å². The molecule has 0 heterocycles. The second-order valence-electron chi connectivity index (χ2n) is 18.7. The largest absolute Gasteiger partial charge is 0.459 e. The molecule has 2 nitrogen and oxygen atoms in total. The normalized spacial score (nSPS) is 34.5. The Morgan fingerprint density at radius 2 is 1.64 bits per heavy atom. The summed E-state index contributed by atoms with van der Waals surface area (Å²) >= 11 is 0. The van der Waals surface area contributed by atoms with E-state index >= 15 is 0 Å². The van der Waals surface area contributed by atoms with Crippen LogP contribution in [0.2, 0.25) is 0 Å². The van der Waals surface area contributed by atoms with Crippen LogP contribution in [0, 0.1) is 51.8 Å². The molecule has 0 aliphatic heterocycles. The van der Waals surface area contributed by atoms with E-state index in [0.29, 0.717) is 35.0 Å². The van der Waals surface area contributed by atoms with Gasteiger partial charge in [0.1, 0.15) is 6.10 Å². The molecule has 0 bridgehead atoms. The van der Waals surface area contributed by atoms with Crippen molar-refractivity contribution < 1.29 is 9.53 Å². The lowest BCUT2D eigenvalue weighted by atomic mass is 9.50. The first-order valence-electron chi connectivity index (χ1n) is 20.3. The molecule has 0 aromatic rings. The van der Waals surface area contributed by atoms with Gasteiger partial charge in [-0.2, -0.15) is 0 Å². The van der Waals surface area contributed by atoms with Gasteiger partial charge in [0.15, 0.2) is 0 Å². The number of fused-ring (bicyclic) bond motifs is 5. The first kappa shape index (κ1) is 38.6. The van der Waals surface area contributed by atoms with Crippen LogP contribution in [-0.2, 0) is 9.53 Å². The number of carbonyl (C=O) groups excluding carboxylic acids is 1. The van der Waals surface area contributed by atoms with Crippen LogP contribution in [-0.4, -0.2) is 12.1 Å². The fourth-order valence-corrected chi connectivity index (χ4v) is 10.7. The van der Waals surface area contributed by atoms with Crippen molar-refractivity contribution in [1.29, 1.82) is 0 Å². The van der Waals surface area contributed by atoms with E-state index in [1.54, 1.807) is 11.6 Å². The zero-order valence-electron chi connectivity index (χ0n) is 33.7. The first-order chi connectivity index (χ1) is 23.5. The van der Waals surface area contributed by atoms with Crippen molar-refractivity contribution in [3.05, 3.63) is 94.2 Å². The Kier molecular flexibility index (Phi) is 12.0. The zero-order chi connectivity index (χ0) is 36.4. The Labute approximate surface area is 307 Å². The Morgan fingerprint density at radius 1 is 0.880 bits per heavy atom. The molecular formula is C48H70O2. The highest BCUT2D eigenvalue weighted by Gasteiger charge is 2.57. The minimum Gasteiger partial charge on any atom is -0.459 e. The maximum Gasteiger partial charge on any atom is 0.331 e. The second kappa shape index (κ2) is 15.6. The Balaban J connectivity index is 1.18. The van der Waals surface area contributed by atoms with Gasteiger partial charge in [-0.05, 0) is 141 Å². The van der Waals surface area contributed by atoms with Crippen LogP contribution in [0.1, 0.15) is 140 Å². The second-order valence-corrected chi connectivity index (χ2v) is 18.7. The molecule has 5 aliphatic carbocycles. The maximum absolute atomic E-state index is 13.0. The van der Waals surface area contributed by atoms with E-state index in [1.807, 2.05) is 19.1 Å². The van der Waals surface area contributed by atoms with E-state index in [4.69, 9.17) is 4.74 Å². The summed E-state index contributed by atoms with van der Waals surface area (Å²) in [5, 5.41) is 0. The molecule has 2 heteroatoms. The standard InChI is InChI=1S/C48H70O2/c1-32(2)35(5)18-19-37(7)42-23-24-43-40-21-20-38-31-39(25-28-47(38,10)44(40)26-29-48(42,43)11)50-45(49)30-34(4)15-12-14-33(3)17-22-41-36(6)16-13-27-46(41,8)9/h12,14-15,17-22,30,32,35,37,39,42-44H,13,16,23-29,31H2,1-11H3/t35-,37+,39+,42+,43-,44-,47-,48+/m0/s1. The summed E-state index contributed by atoms with van der Waals surface area (Å²) in [6.45, 7) is 25.8. The fourth-order valence-electron chi connectivity index (χ4n) is 10.7. The maximum atomic E-state index is 13.0. The highest BCUT2D eigenvalue weighted by molar-refractivity contribution is 5.83. The summed E-state index contributed by atoms with van der Waals surface area (Å²) in [4.78, 5) is 13.0. The van der Waals surface area contributed by atoms with Crippen molar-refractivity contribution in [1.82, 2.24) is 0 Å². The lowest BCUT2D eigenvalue weighted by molar-refractivity contribution is -0.144. The number of allylic oxidation sites excluding steroid dienone is 14. The topological polar surface area (TPSA) is 26.3 Å². The fraction of sp³-hybridized carbons (Fsp3) is 0.646. The van der Waals surface area contributed by atoms with Gasteiger partial charge >= 0.3 is 5.97 Å². The number of esters is 1. The predicted octanol–water partition coefficient (Wildman–Crippen LogP) is 13.4. The third kappa shape index (κ3) is 8.21. The number of ether oxygens (including phenoxy) is 1. The smallest absolute Gasteiger partial charge is 0.331 e. The predicted molar refractivity (Wildman–Crippen MR) is 213 cm³/mol. The monoisotopic (exact) mass is 679 g/mol. The molecule has 5 aliphatic rings. The van der Waals surface area contributed by atoms with Gasteiger partial charge in [-0.15, -0.1) is 0 Å². The van der Waals surface area contributed by atoms with Crippen LogP contribution in [0.4, 0.5) is 0 Å². The van der Waals surface area contributed by atoms with Gasteiger partial charge in [-0.3, -0.25) is 0 Å². The van der Waals surface area contributed by atoms with E-state index in [-0.39, 0.29) is 22.9 Å². The molecule has 3 saturated carbocycles. The van der Waals surface area contributed by atoms with Crippen LogP contribution >= 0.6 is 0 Å². The Bertz CT molecular complexity index is 1520. The third-order valence-corrected chi connectivity index (χ3v) is 14.4. The van der Waals surface area contributed by atoms with Crippen molar-refractivity contribution in [2.24, 2.45) is 51.8 Å². The van der Waals surface area contributed by atoms with Crippen molar-refractivity contribution in [2.75, 3.05) is 0 Å². The number of hydrogen-bond donors (Lipinski definition) is 0. The lowest BCUT2D eigenvalue weighted by Gasteiger charge is -2.55. The number of rotatable bonds is 10. The van der Waals surface area contributed by atoms with E-state index in [2.05, 4.69) is 112 Å². The van der Waals surface area contributed by atoms with Crippen molar-refractivity contribution in [3.63, 3.8) is 0 Å². The molecule has 0 saturated heterocycles. The van der Waals surface area contributed by atoms with Crippen LogP contribution in [0.3, 0.4) is 0 Å². The summed E-state index contributed by atoms with van der Waals surface area (Å²) in [5.74, 6) is 3.86. The molecule has 0 radical (unpaired) electrons. The zero-order valence-corrected chi connectivity index (χ0v) is 33.7. The van der Waals surface area contributed by atoms with Gasteiger partial charge in [0.05, 0.1) is 0 Å². The highest BCUT2D eigenvalue weighted by atomic mass is 16.5. The van der Waals surface area contributed by atoms with Crippen molar-refractivity contribution in [2.45, 2.75) is 146 Å². The SMILES string of the molecule is CC(C=CC1=C(C)CCCC1(C)C)=CC=CC(C)=CC(=O)O[C@@H]1CC[C@@]2(C)C(=CC=C3[C@@H]4CC[C@H]([C@H](C)C=C[C@H](C)C(C)C)[C@@]4(C)CC[C@@H]32)C1. The van der Waals surface area contributed by atoms with Gasteiger partial charge in [-0.25, -0.2) is 4.79 Å². The van der Waals surface area contributed by atoms with E-state index in [1.165, 1.54) is 67.2 Å². The summed E-state index contributed by atoms with van der Waals surface area (Å²) in [6, 6.07) is 0. The van der Waals surface area contributed by atoms with Crippen LogP contribution in [0.5, 0.6) is 0 Å². The molecular weight excluding hydrogens is 609 g/mol. The minimum absolute atomic E-state index is 0.0375. The van der Waals surface area contributed by atoms with Gasteiger partial charge in [0.25, 0.3) is 0 Å². The molecule has 50 heavy (non-hydrogen) atoms. The van der Waals surface area contributed by atoms with Crippen molar-refractivity contribution in [3.8, 4) is 0 Å². The molecule has 0 aromatic carbocycles.